The molecule has 0 aromatic heterocycles. The average molecular weight is 526 g/mol. The van der Waals surface area contributed by atoms with Gasteiger partial charge in [0, 0.05) is 20.8 Å². The Balaban J connectivity index is 1.46. The maximum absolute atomic E-state index is 12.4. The van der Waals surface area contributed by atoms with Crippen molar-refractivity contribution in [2.75, 3.05) is 11.0 Å². The zero-order valence-corrected chi connectivity index (χ0v) is 19.6. The third-order valence-corrected chi connectivity index (χ3v) is 11.7. The van der Waals surface area contributed by atoms with Gasteiger partial charge in [0.05, 0.1) is 11.5 Å². The molecule has 2 aliphatic rings. The van der Waals surface area contributed by atoms with Crippen molar-refractivity contribution >= 4 is 52.2 Å². The van der Waals surface area contributed by atoms with Gasteiger partial charge in [0.1, 0.15) is 0 Å². The van der Waals surface area contributed by atoms with Crippen molar-refractivity contribution in [3.05, 3.63) is 71.3 Å². The molecule has 1 saturated heterocycles. The van der Waals surface area contributed by atoms with Crippen LogP contribution < -0.4 is 0 Å². The van der Waals surface area contributed by atoms with Gasteiger partial charge in [0.25, 0.3) is 10.1 Å². The molecule has 1 heterocycles. The van der Waals surface area contributed by atoms with Gasteiger partial charge in [-0.15, -0.1) is 32.5 Å². The van der Waals surface area contributed by atoms with Crippen LogP contribution in [0.1, 0.15) is 29.5 Å². The molecule has 148 valence electrons. The van der Waals surface area contributed by atoms with Gasteiger partial charge < -0.3 is 0 Å². The van der Waals surface area contributed by atoms with Crippen LogP contribution in [0.4, 0.5) is 0 Å². The van der Waals surface area contributed by atoms with Gasteiger partial charge in [0.15, 0.2) is 0 Å². The summed E-state index contributed by atoms with van der Waals surface area (Å²) >= 11 is 1.78. The maximum Gasteiger partial charge on any atom is 0.296 e. The molecule has 3 unspecified atom stereocenters. The van der Waals surface area contributed by atoms with Crippen molar-refractivity contribution in [3.63, 3.8) is 0 Å². The molecule has 1 aliphatic heterocycles. The number of halogens is 1. The van der Waals surface area contributed by atoms with E-state index in [9.17, 15) is 8.42 Å². The minimum Gasteiger partial charge on any atom is -0.266 e. The van der Waals surface area contributed by atoms with Crippen molar-refractivity contribution in [2.45, 2.75) is 35.2 Å². The summed E-state index contributed by atoms with van der Waals surface area (Å²) in [6.07, 6.45) is 4.58. The summed E-state index contributed by atoms with van der Waals surface area (Å²) in [6, 6.07) is 15.5. The highest BCUT2D eigenvalue weighted by Gasteiger charge is 2.39. The zero-order valence-electron chi connectivity index (χ0n) is 15.8. The van der Waals surface area contributed by atoms with E-state index in [1.165, 1.54) is 11.1 Å². The smallest absolute Gasteiger partial charge is 0.266 e. The van der Waals surface area contributed by atoms with Crippen molar-refractivity contribution in [1.82, 2.24) is 0 Å². The Morgan fingerprint density at radius 3 is 2.64 bits per heavy atom. The van der Waals surface area contributed by atoms with E-state index in [0.29, 0.717) is 16.4 Å². The van der Waals surface area contributed by atoms with E-state index in [2.05, 4.69) is 43.3 Å². The number of rotatable bonds is 5. The lowest BCUT2D eigenvalue weighted by Crippen LogP contribution is -2.20. The van der Waals surface area contributed by atoms with E-state index in [0.717, 1.165) is 9.99 Å². The monoisotopic (exact) mass is 526 g/mol. The fraction of sp³-hybridized carbons (Fsp3) is 0.318. The van der Waals surface area contributed by atoms with Gasteiger partial charge in [-0.1, -0.05) is 54.1 Å². The fourth-order valence-electron chi connectivity index (χ4n) is 3.67. The van der Waals surface area contributed by atoms with Crippen molar-refractivity contribution < 1.29 is 12.6 Å². The molecule has 4 rings (SSSR count). The Morgan fingerprint density at radius 2 is 1.86 bits per heavy atom. The van der Waals surface area contributed by atoms with Crippen molar-refractivity contribution in [3.8, 4) is 0 Å². The minimum absolute atomic E-state index is 0.236. The van der Waals surface area contributed by atoms with Crippen LogP contribution in [0.3, 0.4) is 0 Å². The van der Waals surface area contributed by atoms with Gasteiger partial charge >= 0.3 is 0 Å². The Bertz CT molecular complexity index is 1030. The summed E-state index contributed by atoms with van der Waals surface area (Å²) < 4.78 is 32.5. The molecule has 0 radical (unpaired) electrons. The summed E-state index contributed by atoms with van der Waals surface area (Å²) in [5.41, 5.74) is 3.78. The number of aryl methyl sites for hydroxylation is 1. The fourth-order valence-corrected chi connectivity index (χ4v) is 10.2. The molecule has 0 saturated carbocycles. The molecule has 0 spiro atoms. The summed E-state index contributed by atoms with van der Waals surface area (Å²) in [6.45, 7) is 4.49. The molecule has 2 aromatic rings. The number of hydrogen-bond acceptors (Lipinski definition) is 4. The highest BCUT2D eigenvalue weighted by atomic mass is 127. The molecular weight excluding hydrogens is 503 g/mol. The lowest BCUT2D eigenvalue weighted by Gasteiger charge is -2.23. The van der Waals surface area contributed by atoms with Gasteiger partial charge in [-0.3, -0.25) is 4.18 Å². The first-order chi connectivity index (χ1) is 13.5. The molecule has 3 atom stereocenters. The van der Waals surface area contributed by atoms with Crippen LogP contribution in [0.15, 0.2) is 59.5 Å². The summed E-state index contributed by atoms with van der Waals surface area (Å²) in [5.74, 6) is 0.475. The Kier molecular flexibility index (Phi) is 6.11. The average Bonchev–Trinajstić information content (AvgIpc) is 3.01. The predicted molar refractivity (Wildman–Crippen MR) is 127 cm³/mol. The van der Waals surface area contributed by atoms with E-state index >= 15 is 0 Å². The second-order valence-electron chi connectivity index (χ2n) is 7.01. The number of hydrogen-bond donors (Lipinski definition) is 0. The van der Waals surface area contributed by atoms with Crippen LogP contribution in [0.2, 0.25) is 0 Å². The quantitative estimate of drug-likeness (QED) is 0.234. The topological polar surface area (TPSA) is 43.4 Å². The van der Waals surface area contributed by atoms with Crippen molar-refractivity contribution in [2.24, 2.45) is 0 Å². The normalized spacial score (nSPS) is 25.2. The molecule has 1 aliphatic carbocycles. The number of thioether (sulfide) groups is 1. The lowest BCUT2D eigenvalue weighted by molar-refractivity contribution is 0.343. The first-order valence-electron chi connectivity index (χ1n) is 9.30. The molecule has 3 nitrogen and oxygen atoms in total. The van der Waals surface area contributed by atoms with Gasteiger partial charge in [-0.05, 0) is 40.6 Å². The largest absolute Gasteiger partial charge is 0.296 e. The summed E-state index contributed by atoms with van der Waals surface area (Å²) in [5, 5.41) is 1.03. The van der Waals surface area contributed by atoms with E-state index in [1.807, 2.05) is 18.7 Å². The highest BCUT2D eigenvalue weighted by Crippen LogP contribution is 2.48. The minimum atomic E-state index is -3.67. The standard InChI is InChI=1S/C22H23IO3S2/c1-15-7-10-18(11-8-15)28(24,25)26-14-13-23-22-16(2)27-20-12-9-17-5-3-4-6-19(17)21(20)22/h3-12,16,20-21H,13-14H2,1-2H3. The van der Waals surface area contributed by atoms with Gasteiger partial charge in [-0.25, -0.2) is 0 Å². The van der Waals surface area contributed by atoms with Crippen LogP contribution in [-0.4, -0.2) is 33.5 Å². The first kappa shape index (κ1) is 20.3. The Hall–Kier alpha value is -0.960. The zero-order chi connectivity index (χ0) is 19.7. The van der Waals surface area contributed by atoms with Crippen LogP contribution in [0.25, 0.3) is 6.08 Å². The number of alkyl halides is 1. The first-order valence-corrected chi connectivity index (χ1v) is 14.3. The van der Waals surface area contributed by atoms with E-state index in [-0.39, 0.29) is 32.2 Å². The molecule has 0 N–H and O–H groups in total. The van der Waals surface area contributed by atoms with Crippen molar-refractivity contribution in [1.29, 1.82) is 0 Å². The third-order valence-electron chi connectivity index (χ3n) is 5.05. The van der Waals surface area contributed by atoms with E-state index in [4.69, 9.17) is 4.18 Å². The number of fused-ring (bicyclic) bond motifs is 3. The van der Waals surface area contributed by atoms with Crippen LogP contribution in [0, 0.1) is 6.92 Å². The molecule has 0 amide bonds. The number of benzene rings is 2. The third kappa shape index (κ3) is 4.15. The molecule has 2 aromatic carbocycles. The van der Waals surface area contributed by atoms with Gasteiger partial charge in [-0.2, -0.15) is 8.42 Å². The lowest BCUT2D eigenvalue weighted by atomic mass is 9.84. The SMILES string of the molecule is Cc1ccc(S(=O)(=O)OCCI=C2C(C)SC3C=Cc4ccccc4C23)cc1. The highest BCUT2D eigenvalue weighted by molar-refractivity contribution is 14.2. The Labute approximate surface area is 181 Å². The second kappa shape index (κ2) is 8.42. The predicted octanol–water partition coefficient (Wildman–Crippen LogP) is 5.16. The maximum atomic E-state index is 12.4. The van der Waals surface area contributed by atoms with Gasteiger partial charge in [0.2, 0.25) is 0 Å². The van der Waals surface area contributed by atoms with Crippen LogP contribution >= 0.6 is 32.5 Å². The van der Waals surface area contributed by atoms with Crippen LogP contribution in [0.5, 0.6) is 0 Å². The van der Waals surface area contributed by atoms with E-state index in [1.54, 1.807) is 27.8 Å². The molecular formula is C22H23IO3S2. The molecule has 1 fully saturated rings. The summed E-state index contributed by atoms with van der Waals surface area (Å²) in [4.78, 5) is 0.236. The second-order valence-corrected chi connectivity index (χ2v) is 13.2. The molecule has 28 heavy (non-hydrogen) atoms. The molecule has 0 bridgehead atoms. The van der Waals surface area contributed by atoms with E-state index < -0.39 is 10.1 Å². The Morgan fingerprint density at radius 1 is 1.11 bits per heavy atom. The summed E-state index contributed by atoms with van der Waals surface area (Å²) in [7, 11) is -3.67. The van der Waals surface area contributed by atoms with Crippen LogP contribution in [-0.2, 0) is 14.3 Å². The molecule has 6 heteroatoms.